The van der Waals surface area contributed by atoms with Crippen molar-refractivity contribution in [1.29, 1.82) is 0 Å². The van der Waals surface area contributed by atoms with E-state index in [4.69, 9.17) is 0 Å². The largest absolute Gasteiger partial charge is 0.310 e. The number of anilines is 6. The Balaban J connectivity index is 0.912. The number of allylic oxidation sites excluding steroid dienone is 1. The van der Waals surface area contributed by atoms with Crippen molar-refractivity contribution in [2.24, 2.45) is 0 Å². The van der Waals surface area contributed by atoms with Gasteiger partial charge in [-0.1, -0.05) is 170 Å². The fraction of sp³-hybridized carbons (Fsp3) is 0.0145. The van der Waals surface area contributed by atoms with Gasteiger partial charge in [-0.2, -0.15) is 0 Å². The Labute approximate surface area is 425 Å². The van der Waals surface area contributed by atoms with Gasteiger partial charge in [0.2, 0.25) is 0 Å². The van der Waals surface area contributed by atoms with Crippen LogP contribution in [0.25, 0.3) is 88.9 Å². The zero-order valence-electron chi connectivity index (χ0n) is 40.5. The van der Waals surface area contributed by atoms with Crippen LogP contribution in [-0.4, -0.2) is 9.13 Å². The molecule has 11 aromatic carbocycles. The first-order chi connectivity index (χ1) is 36.1. The summed E-state index contributed by atoms with van der Waals surface area (Å²) in [6.07, 6.45) is 6.30. The lowest BCUT2D eigenvalue weighted by atomic mass is 10.0. The zero-order valence-corrected chi connectivity index (χ0v) is 40.5. The van der Waals surface area contributed by atoms with Crippen LogP contribution < -0.4 is 9.80 Å². The van der Waals surface area contributed by atoms with Crippen LogP contribution in [0.5, 0.6) is 0 Å². The summed E-state index contributed by atoms with van der Waals surface area (Å²) in [5.41, 5.74) is 16.8. The number of para-hydroxylation sites is 3. The highest BCUT2D eigenvalue weighted by atomic mass is 15.2. The molecule has 4 nitrogen and oxygen atoms in total. The van der Waals surface area contributed by atoms with Crippen molar-refractivity contribution < 1.29 is 0 Å². The van der Waals surface area contributed by atoms with Crippen LogP contribution >= 0.6 is 0 Å². The molecule has 0 aliphatic rings. The lowest BCUT2D eigenvalue weighted by Gasteiger charge is -2.28. The minimum Gasteiger partial charge on any atom is -0.310 e. The summed E-state index contributed by atoms with van der Waals surface area (Å²) < 4.78 is 4.69. The van der Waals surface area contributed by atoms with E-state index in [2.05, 4.69) is 299 Å². The van der Waals surface area contributed by atoms with E-state index in [1.165, 1.54) is 43.4 Å². The Kier molecular flexibility index (Phi) is 10.9. The summed E-state index contributed by atoms with van der Waals surface area (Å²) in [7, 11) is 0. The number of benzene rings is 11. The predicted octanol–water partition coefficient (Wildman–Crippen LogP) is 19.3. The van der Waals surface area contributed by atoms with Crippen molar-refractivity contribution in [2.75, 3.05) is 9.80 Å². The van der Waals surface area contributed by atoms with Crippen molar-refractivity contribution in [1.82, 2.24) is 9.13 Å². The van der Waals surface area contributed by atoms with E-state index in [1.54, 1.807) is 0 Å². The average molecular weight is 935 g/mol. The van der Waals surface area contributed by atoms with Crippen LogP contribution in [0.2, 0.25) is 0 Å². The number of aromatic nitrogens is 2. The van der Waals surface area contributed by atoms with E-state index in [9.17, 15) is 0 Å². The number of rotatable bonds is 11. The van der Waals surface area contributed by atoms with Gasteiger partial charge in [-0.3, -0.25) is 0 Å². The molecule has 0 saturated heterocycles. The third kappa shape index (κ3) is 7.47. The van der Waals surface area contributed by atoms with E-state index in [0.29, 0.717) is 0 Å². The van der Waals surface area contributed by atoms with Crippen molar-refractivity contribution in [3.05, 3.63) is 279 Å². The Bertz CT molecular complexity index is 4210. The quantitative estimate of drug-likeness (QED) is 0.128. The highest BCUT2D eigenvalue weighted by Crippen LogP contribution is 2.45. The summed E-state index contributed by atoms with van der Waals surface area (Å²) >= 11 is 0. The molecule has 0 N–H and O–H groups in total. The van der Waals surface area contributed by atoms with Crippen LogP contribution in [0.15, 0.2) is 267 Å². The summed E-state index contributed by atoms with van der Waals surface area (Å²) in [4.78, 5) is 4.81. The molecule has 2 heterocycles. The Morgan fingerprint density at radius 1 is 0.356 bits per heavy atom. The highest BCUT2D eigenvalue weighted by molar-refractivity contribution is 6.11. The monoisotopic (exact) mass is 934 g/mol. The maximum absolute atomic E-state index is 4.29. The van der Waals surface area contributed by atoms with Crippen molar-refractivity contribution in [3.8, 4) is 22.5 Å². The molecule has 0 saturated carbocycles. The van der Waals surface area contributed by atoms with Crippen LogP contribution in [0.4, 0.5) is 34.1 Å². The molecule has 0 spiro atoms. The molecule has 0 aliphatic carbocycles. The van der Waals surface area contributed by atoms with Gasteiger partial charge in [-0.15, -0.1) is 0 Å². The molecule has 0 amide bonds. The molecular formula is C69H50N4. The fourth-order valence-corrected chi connectivity index (χ4v) is 11.1. The Morgan fingerprint density at radius 3 is 1.32 bits per heavy atom. The second-order valence-corrected chi connectivity index (χ2v) is 18.5. The lowest BCUT2D eigenvalue weighted by Crippen LogP contribution is -2.11. The maximum atomic E-state index is 4.29. The first-order valence-electron chi connectivity index (χ1n) is 25.0. The Morgan fingerprint density at radius 2 is 0.781 bits per heavy atom. The zero-order chi connectivity index (χ0) is 48.8. The standard InChI is InChI=1S/C69H50N4/c1-3-19-60-62-46-56(42-44-68(62)72(64(60)4-2)52-24-7-5-8-25-52)70(65-32-17-22-50-20-11-13-28-58(50)65)54-38-34-48(35-39-54)49-36-40-55(41-37-49)71(66-33-18-23-51-21-12-14-29-59(51)66)57-43-45-69-63(47-57)61-30-15-16-31-67(61)73(69)53-26-9-6-10-27-53/h3-47H,2H2,1H3/b19-3-. The van der Waals surface area contributed by atoms with Gasteiger partial charge < -0.3 is 18.9 Å². The van der Waals surface area contributed by atoms with Crippen molar-refractivity contribution >= 4 is 101 Å². The summed E-state index contributed by atoms with van der Waals surface area (Å²) in [5.74, 6) is 0. The van der Waals surface area contributed by atoms with Gasteiger partial charge in [-0.05, 0) is 138 Å². The molecular weight excluding hydrogens is 885 g/mol. The van der Waals surface area contributed by atoms with Gasteiger partial charge in [0.1, 0.15) is 0 Å². The number of fused-ring (bicyclic) bond motifs is 6. The minimum atomic E-state index is 1.07. The maximum Gasteiger partial charge on any atom is 0.0542 e. The normalized spacial score (nSPS) is 11.6. The third-order valence-electron chi connectivity index (χ3n) is 14.4. The van der Waals surface area contributed by atoms with E-state index < -0.39 is 0 Å². The minimum absolute atomic E-state index is 1.07. The van der Waals surface area contributed by atoms with Crippen LogP contribution in [0.3, 0.4) is 0 Å². The molecule has 0 bridgehead atoms. The summed E-state index contributed by atoms with van der Waals surface area (Å²) in [6, 6.07) is 92.3. The molecule has 4 heteroatoms. The molecule has 0 atom stereocenters. The third-order valence-corrected chi connectivity index (χ3v) is 14.4. The SMILES string of the molecule is C=Cc1c(/C=C\C)c2cc(N(c3ccc(-c4ccc(N(c5ccc6c(c5)c5ccccc5n6-c5ccccc5)c5cccc6ccccc56)cc4)cc3)c3cccc4ccccc34)ccc2n1-c1ccccc1. The van der Waals surface area contributed by atoms with Crippen LogP contribution in [0.1, 0.15) is 18.2 Å². The molecule has 13 aromatic rings. The van der Waals surface area contributed by atoms with Gasteiger partial charge in [0.25, 0.3) is 0 Å². The molecule has 0 aliphatic heterocycles. The van der Waals surface area contributed by atoms with Crippen molar-refractivity contribution in [2.45, 2.75) is 6.92 Å². The predicted molar refractivity (Wildman–Crippen MR) is 312 cm³/mol. The van der Waals surface area contributed by atoms with Gasteiger partial charge >= 0.3 is 0 Å². The van der Waals surface area contributed by atoms with E-state index >= 15 is 0 Å². The van der Waals surface area contributed by atoms with E-state index in [0.717, 1.165) is 78.8 Å². The highest BCUT2D eigenvalue weighted by Gasteiger charge is 2.22. The smallest absolute Gasteiger partial charge is 0.0542 e. The molecule has 13 rings (SSSR count). The summed E-state index contributed by atoms with van der Waals surface area (Å²) in [6.45, 7) is 6.36. The van der Waals surface area contributed by atoms with E-state index in [1.807, 2.05) is 6.08 Å². The first kappa shape index (κ1) is 43.4. The molecule has 73 heavy (non-hydrogen) atoms. The van der Waals surface area contributed by atoms with E-state index in [-0.39, 0.29) is 0 Å². The molecule has 346 valence electrons. The van der Waals surface area contributed by atoms with Gasteiger partial charge in [-0.25, -0.2) is 0 Å². The second-order valence-electron chi connectivity index (χ2n) is 18.5. The van der Waals surface area contributed by atoms with Gasteiger partial charge in [0, 0.05) is 66.6 Å². The summed E-state index contributed by atoms with van der Waals surface area (Å²) in [5, 5.41) is 8.36. The topological polar surface area (TPSA) is 16.3 Å². The first-order valence-corrected chi connectivity index (χ1v) is 25.0. The van der Waals surface area contributed by atoms with Crippen LogP contribution in [-0.2, 0) is 0 Å². The molecule has 0 fully saturated rings. The number of hydrogen-bond acceptors (Lipinski definition) is 2. The van der Waals surface area contributed by atoms with Gasteiger partial charge in [0.15, 0.2) is 0 Å². The average Bonchev–Trinajstić information content (AvgIpc) is 3.96. The van der Waals surface area contributed by atoms with Crippen molar-refractivity contribution in [3.63, 3.8) is 0 Å². The molecule has 0 radical (unpaired) electrons. The number of nitrogens with zero attached hydrogens (tertiary/aromatic N) is 4. The number of hydrogen-bond donors (Lipinski definition) is 0. The Hall–Kier alpha value is -9.64. The lowest BCUT2D eigenvalue weighted by molar-refractivity contribution is 1.11. The molecule has 2 aromatic heterocycles. The second kappa shape index (κ2) is 18.3. The van der Waals surface area contributed by atoms with Gasteiger partial charge in [0.05, 0.1) is 33.6 Å². The molecule has 0 unspecified atom stereocenters. The fourth-order valence-electron chi connectivity index (χ4n) is 11.1. The van der Waals surface area contributed by atoms with Crippen LogP contribution in [0, 0.1) is 0 Å².